The summed E-state index contributed by atoms with van der Waals surface area (Å²) in [5.74, 6) is -0.160. The van der Waals surface area contributed by atoms with Crippen molar-refractivity contribution < 1.29 is 14.3 Å². The lowest BCUT2D eigenvalue weighted by Gasteiger charge is -2.51. The Morgan fingerprint density at radius 1 is 1.19 bits per heavy atom. The average Bonchev–Trinajstić information content (AvgIpc) is 2.96. The van der Waals surface area contributed by atoms with E-state index in [1.807, 2.05) is 24.8 Å². The molecule has 2 aliphatic rings. The number of carbonyl (C=O) groups is 1. The zero-order valence-electron chi connectivity index (χ0n) is 16.0. The number of aryl methyl sites for hydroxylation is 1. The van der Waals surface area contributed by atoms with Gasteiger partial charge in [0.2, 0.25) is 0 Å². The largest absolute Gasteiger partial charge is 0.393 e. The van der Waals surface area contributed by atoms with E-state index >= 15 is 0 Å². The number of carbonyl (C=O) groups excluding carboxylic acids is 1. The smallest absolute Gasteiger partial charge is 0.255 e. The summed E-state index contributed by atoms with van der Waals surface area (Å²) < 4.78 is 15.2. The van der Waals surface area contributed by atoms with Crippen molar-refractivity contribution in [2.24, 2.45) is 5.41 Å². The molecule has 2 fully saturated rings. The van der Waals surface area contributed by atoms with Crippen molar-refractivity contribution in [3.8, 4) is 0 Å². The Hall–Kier alpha value is -2.14. The van der Waals surface area contributed by atoms with Crippen LogP contribution >= 0.6 is 0 Å². The lowest BCUT2D eigenvalue weighted by Crippen LogP contribution is -2.53. The van der Waals surface area contributed by atoms with Crippen molar-refractivity contribution in [1.29, 1.82) is 0 Å². The van der Waals surface area contributed by atoms with Gasteiger partial charge in [-0.1, -0.05) is 12.1 Å². The van der Waals surface area contributed by atoms with Gasteiger partial charge in [-0.25, -0.2) is 4.39 Å². The van der Waals surface area contributed by atoms with Gasteiger partial charge in [0, 0.05) is 31.0 Å². The highest BCUT2D eigenvalue weighted by atomic mass is 19.1. The van der Waals surface area contributed by atoms with E-state index in [-0.39, 0.29) is 23.2 Å². The predicted octanol–water partition coefficient (Wildman–Crippen LogP) is 3.67. The molecule has 1 N–H and O–H groups in total. The molecule has 1 saturated heterocycles. The summed E-state index contributed by atoms with van der Waals surface area (Å²) in [7, 11) is 0. The normalized spacial score (nSPS) is 21.3. The first-order chi connectivity index (χ1) is 12.9. The maximum absolute atomic E-state index is 13.1. The Morgan fingerprint density at radius 2 is 1.85 bits per heavy atom. The van der Waals surface area contributed by atoms with Gasteiger partial charge in [-0.3, -0.25) is 4.79 Å². The number of nitrogens with zero attached hydrogens (tertiary/aromatic N) is 2. The minimum atomic E-state index is -0.241. The number of benzene rings is 1. The summed E-state index contributed by atoms with van der Waals surface area (Å²) in [6.45, 7) is 6.05. The van der Waals surface area contributed by atoms with Gasteiger partial charge in [0.15, 0.2) is 0 Å². The van der Waals surface area contributed by atoms with Gasteiger partial charge in [-0.2, -0.15) is 0 Å². The number of aromatic nitrogens is 1. The van der Waals surface area contributed by atoms with Crippen molar-refractivity contribution >= 4 is 5.91 Å². The van der Waals surface area contributed by atoms with Crippen molar-refractivity contribution in [1.82, 2.24) is 9.47 Å². The number of likely N-dealkylation sites (tertiary alicyclic amines) is 1. The van der Waals surface area contributed by atoms with Crippen LogP contribution in [0.2, 0.25) is 0 Å². The van der Waals surface area contributed by atoms with E-state index in [0.717, 1.165) is 61.3 Å². The molecule has 1 unspecified atom stereocenters. The van der Waals surface area contributed by atoms with Gasteiger partial charge < -0.3 is 14.6 Å². The Morgan fingerprint density at radius 3 is 2.41 bits per heavy atom. The SMILES string of the molecule is Cc1cc(C(=O)N2CCC3(CCC3O)CC2)c(C)n1Cc1ccc(F)cc1. The second-order valence-electron chi connectivity index (χ2n) is 8.21. The number of halogens is 1. The Kier molecular flexibility index (Phi) is 4.58. The van der Waals surface area contributed by atoms with Crippen LogP contribution in [0.25, 0.3) is 0 Å². The Labute approximate surface area is 159 Å². The molecular weight excluding hydrogens is 343 g/mol. The zero-order valence-corrected chi connectivity index (χ0v) is 16.0. The first-order valence-corrected chi connectivity index (χ1v) is 9.78. The van der Waals surface area contributed by atoms with Gasteiger partial charge in [0.1, 0.15) is 5.82 Å². The van der Waals surface area contributed by atoms with E-state index in [9.17, 15) is 14.3 Å². The second kappa shape index (κ2) is 6.79. The molecule has 1 aliphatic heterocycles. The van der Waals surface area contributed by atoms with Gasteiger partial charge in [-0.05, 0) is 68.7 Å². The molecule has 27 heavy (non-hydrogen) atoms. The van der Waals surface area contributed by atoms with Crippen LogP contribution in [-0.4, -0.2) is 39.7 Å². The third-order valence-electron chi connectivity index (χ3n) is 6.73. The number of piperidine rings is 1. The maximum Gasteiger partial charge on any atom is 0.255 e. The van der Waals surface area contributed by atoms with Crippen LogP contribution < -0.4 is 0 Å². The van der Waals surface area contributed by atoms with Crippen LogP contribution in [-0.2, 0) is 6.54 Å². The van der Waals surface area contributed by atoms with E-state index in [4.69, 9.17) is 0 Å². The fourth-order valence-electron chi connectivity index (χ4n) is 4.62. The topological polar surface area (TPSA) is 45.5 Å². The Balaban J connectivity index is 1.49. The van der Waals surface area contributed by atoms with Crippen LogP contribution in [0.3, 0.4) is 0 Å². The molecule has 1 saturated carbocycles. The molecule has 5 heteroatoms. The zero-order chi connectivity index (χ0) is 19.2. The van der Waals surface area contributed by atoms with E-state index in [1.165, 1.54) is 12.1 Å². The molecule has 1 aromatic heterocycles. The summed E-state index contributed by atoms with van der Waals surface area (Å²) in [4.78, 5) is 15.0. The van der Waals surface area contributed by atoms with E-state index in [1.54, 1.807) is 12.1 Å². The van der Waals surface area contributed by atoms with Crippen LogP contribution in [0.5, 0.6) is 0 Å². The number of aliphatic hydroxyl groups is 1. The van der Waals surface area contributed by atoms with Crippen molar-refractivity contribution in [2.45, 2.75) is 52.2 Å². The molecule has 1 spiro atoms. The molecule has 0 radical (unpaired) electrons. The summed E-state index contributed by atoms with van der Waals surface area (Å²) in [5.41, 5.74) is 3.81. The third-order valence-corrected chi connectivity index (χ3v) is 6.73. The highest BCUT2D eigenvalue weighted by Gasteiger charge is 2.47. The van der Waals surface area contributed by atoms with Gasteiger partial charge in [0.25, 0.3) is 5.91 Å². The fourth-order valence-corrected chi connectivity index (χ4v) is 4.62. The molecule has 2 aromatic rings. The number of rotatable bonds is 3. The van der Waals surface area contributed by atoms with Crippen LogP contribution in [0, 0.1) is 25.1 Å². The number of hydrogen-bond acceptors (Lipinski definition) is 2. The van der Waals surface area contributed by atoms with Crippen LogP contribution in [0.4, 0.5) is 4.39 Å². The minimum absolute atomic E-state index is 0.0657. The van der Waals surface area contributed by atoms with Gasteiger partial charge in [-0.15, -0.1) is 0 Å². The van der Waals surface area contributed by atoms with Crippen LogP contribution in [0.15, 0.2) is 30.3 Å². The van der Waals surface area contributed by atoms with Gasteiger partial charge >= 0.3 is 0 Å². The van der Waals surface area contributed by atoms with E-state index < -0.39 is 0 Å². The number of amides is 1. The van der Waals surface area contributed by atoms with Crippen molar-refractivity contribution in [3.63, 3.8) is 0 Å². The van der Waals surface area contributed by atoms with Gasteiger partial charge in [0.05, 0.1) is 11.7 Å². The maximum atomic E-state index is 13.1. The fraction of sp³-hybridized carbons (Fsp3) is 0.500. The quantitative estimate of drug-likeness (QED) is 0.896. The third kappa shape index (κ3) is 3.18. The predicted molar refractivity (Wildman–Crippen MR) is 102 cm³/mol. The monoisotopic (exact) mass is 370 g/mol. The highest BCUT2D eigenvalue weighted by molar-refractivity contribution is 5.95. The molecule has 1 aromatic carbocycles. The summed E-state index contributed by atoms with van der Waals surface area (Å²) in [6.07, 6.45) is 3.60. The molecule has 1 aliphatic carbocycles. The molecule has 4 rings (SSSR count). The molecule has 144 valence electrons. The average molecular weight is 370 g/mol. The standard InChI is InChI=1S/C22H27FN2O2/c1-15-13-19(16(2)25(15)14-17-3-5-18(23)6-4-17)21(27)24-11-9-22(10-12-24)8-7-20(22)26/h3-6,13,20,26H,7-12,14H2,1-2H3. The Bertz CT molecular complexity index is 848. The molecule has 4 nitrogen and oxygen atoms in total. The highest BCUT2D eigenvalue weighted by Crippen LogP contribution is 2.49. The summed E-state index contributed by atoms with van der Waals surface area (Å²) >= 11 is 0. The molecule has 2 heterocycles. The molecule has 1 amide bonds. The number of hydrogen-bond donors (Lipinski definition) is 1. The first kappa shape index (κ1) is 18.2. The molecule has 1 atom stereocenters. The van der Waals surface area contributed by atoms with Crippen LogP contribution in [0.1, 0.15) is 53.0 Å². The summed E-state index contributed by atoms with van der Waals surface area (Å²) in [6, 6.07) is 8.46. The second-order valence-corrected chi connectivity index (χ2v) is 8.21. The minimum Gasteiger partial charge on any atom is -0.393 e. The molecular formula is C22H27FN2O2. The van der Waals surface area contributed by atoms with Crippen molar-refractivity contribution in [2.75, 3.05) is 13.1 Å². The molecule has 0 bridgehead atoms. The van der Waals surface area contributed by atoms with E-state index in [0.29, 0.717) is 6.54 Å². The lowest BCUT2D eigenvalue weighted by atomic mass is 9.61. The first-order valence-electron chi connectivity index (χ1n) is 9.78. The summed E-state index contributed by atoms with van der Waals surface area (Å²) in [5, 5.41) is 10.1. The number of aliphatic hydroxyl groups excluding tert-OH is 1. The van der Waals surface area contributed by atoms with E-state index in [2.05, 4.69) is 4.57 Å². The van der Waals surface area contributed by atoms with Crippen molar-refractivity contribution in [3.05, 3.63) is 58.7 Å². The lowest BCUT2D eigenvalue weighted by molar-refractivity contribution is -0.0952.